The molecule has 1 N–H and O–H groups in total. The van der Waals surface area contributed by atoms with Crippen LogP contribution >= 0.6 is 23.5 Å². The number of nitrogens with zero attached hydrogens (tertiary/aromatic N) is 1. The van der Waals surface area contributed by atoms with Crippen LogP contribution in [0.3, 0.4) is 0 Å². The Hall–Kier alpha value is -1.67. The van der Waals surface area contributed by atoms with Crippen molar-refractivity contribution in [2.45, 2.75) is 17.8 Å². The van der Waals surface area contributed by atoms with Crippen LogP contribution in [0, 0.1) is 0 Å². The van der Waals surface area contributed by atoms with E-state index in [4.69, 9.17) is 0 Å². The van der Waals surface area contributed by atoms with E-state index in [0.29, 0.717) is 22.8 Å². The lowest BCUT2D eigenvalue weighted by Gasteiger charge is -2.40. The molecule has 1 aromatic carbocycles. The molecule has 2 atom stereocenters. The minimum atomic E-state index is -0.464. The minimum absolute atomic E-state index is 0.0138. The summed E-state index contributed by atoms with van der Waals surface area (Å²) in [6.07, 6.45) is 0. The molecular formula is C16H18N2O4S2. The Kier molecular flexibility index (Phi) is 4.78. The number of anilines is 1. The number of carbonyl (C=O) groups excluding carboxylic acids is 3. The van der Waals surface area contributed by atoms with E-state index in [1.807, 2.05) is 6.92 Å². The van der Waals surface area contributed by atoms with Crippen molar-refractivity contribution in [2.75, 3.05) is 29.7 Å². The molecule has 0 saturated carbocycles. The van der Waals surface area contributed by atoms with Gasteiger partial charge in [-0.25, -0.2) is 4.79 Å². The van der Waals surface area contributed by atoms with E-state index in [1.165, 1.54) is 7.11 Å². The first-order valence-electron chi connectivity index (χ1n) is 7.48. The van der Waals surface area contributed by atoms with Crippen molar-refractivity contribution in [3.63, 3.8) is 0 Å². The van der Waals surface area contributed by atoms with Crippen LogP contribution in [0.4, 0.5) is 5.69 Å². The normalized spacial score (nSPS) is 26.0. The number of hydrogen-bond acceptors (Lipinski definition) is 6. The second-order valence-corrected chi connectivity index (χ2v) is 8.30. The maximum Gasteiger partial charge on any atom is 0.337 e. The van der Waals surface area contributed by atoms with Crippen molar-refractivity contribution < 1.29 is 19.1 Å². The highest BCUT2D eigenvalue weighted by Crippen LogP contribution is 2.44. The van der Waals surface area contributed by atoms with Crippen LogP contribution in [0.25, 0.3) is 0 Å². The van der Waals surface area contributed by atoms with Gasteiger partial charge >= 0.3 is 5.97 Å². The summed E-state index contributed by atoms with van der Waals surface area (Å²) >= 11 is 3.27. The van der Waals surface area contributed by atoms with Gasteiger partial charge in [-0.1, -0.05) is 0 Å². The predicted molar refractivity (Wildman–Crippen MR) is 95.2 cm³/mol. The number of methoxy groups -OCH3 is 1. The van der Waals surface area contributed by atoms with Gasteiger partial charge in [0.1, 0.15) is 6.04 Å². The van der Waals surface area contributed by atoms with Crippen molar-refractivity contribution in [1.82, 2.24) is 4.90 Å². The van der Waals surface area contributed by atoms with Crippen LogP contribution in [0.2, 0.25) is 0 Å². The molecular weight excluding hydrogens is 348 g/mol. The van der Waals surface area contributed by atoms with Crippen molar-refractivity contribution in [2.24, 2.45) is 0 Å². The molecule has 2 aliphatic heterocycles. The Morgan fingerprint density at radius 1 is 1.33 bits per heavy atom. The summed E-state index contributed by atoms with van der Waals surface area (Å²) in [6, 6.07) is 6.03. The van der Waals surface area contributed by atoms with Gasteiger partial charge in [-0.3, -0.25) is 9.59 Å². The Labute approximate surface area is 148 Å². The molecule has 2 saturated heterocycles. The number of ether oxygens (including phenoxy) is 1. The lowest BCUT2D eigenvalue weighted by Crippen LogP contribution is -2.56. The molecule has 0 aromatic heterocycles. The summed E-state index contributed by atoms with van der Waals surface area (Å²) < 4.78 is 4.65. The van der Waals surface area contributed by atoms with Gasteiger partial charge in [0.25, 0.3) is 0 Å². The number of rotatable bonds is 3. The predicted octanol–water partition coefficient (Wildman–Crippen LogP) is 1.82. The van der Waals surface area contributed by atoms with Crippen LogP contribution in [0.5, 0.6) is 0 Å². The second kappa shape index (κ2) is 6.68. The average Bonchev–Trinajstić information content (AvgIpc) is 2.93. The first-order chi connectivity index (χ1) is 11.4. The number of nitrogens with one attached hydrogen (secondary N) is 1. The van der Waals surface area contributed by atoms with E-state index < -0.39 is 12.0 Å². The molecule has 8 heteroatoms. The zero-order chi connectivity index (χ0) is 17.3. The highest BCUT2D eigenvalue weighted by Gasteiger charge is 2.51. The summed E-state index contributed by atoms with van der Waals surface area (Å²) in [7, 11) is 1.32. The van der Waals surface area contributed by atoms with Crippen LogP contribution in [0.1, 0.15) is 17.3 Å². The smallest absolute Gasteiger partial charge is 0.337 e. The van der Waals surface area contributed by atoms with Gasteiger partial charge in [-0.05, 0) is 31.2 Å². The van der Waals surface area contributed by atoms with E-state index in [-0.39, 0.29) is 16.7 Å². The summed E-state index contributed by atoms with van der Waals surface area (Å²) in [4.78, 5) is 37.7. The van der Waals surface area contributed by atoms with Crippen LogP contribution in [-0.2, 0) is 14.3 Å². The van der Waals surface area contributed by atoms with Crippen molar-refractivity contribution in [3.05, 3.63) is 29.8 Å². The van der Waals surface area contributed by atoms with Gasteiger partial charge in [0.15, 0.2) is 0 Å². The number of thioether (sulfide) groups is 2. The summed E-state index contributed by atoms with van der Waals surface area (Å²) in [5, 5.41) is 2.83. The van der Waals surface area contributed by atoms with E-state index >= 15 is 0 Å². The van der Waals surface area contributed by atoms with Crippen LogP contribution < -0.4 is 5.32 Å². The quantitative estimate of drug-likeness (QED) is 0.823. The van der Waals surface area contributed by atoms with Gasteiger partial charge in [0.05, 0.1) is 23.3 Å². The number of carbonyl (C=O) groups is 3. The molecule has 24 heavy (non-hydrogen) atoms. The average molecular weight is 366 g/mol. The zero-order valence-electron chi connectivity index (χ0n) is 13.4. The van der Waals surface area contributed by atoms with Crippen molar-refractivity contribution in [3.8, 4) is 0 Å². The number of esters is 1. The molecule has 2 amide bonds. The molecule has 0 aliphatic carbocycles. The second-order valence-electron chi connectivity index (χ2n) is 5.82. The number of hydrogen-bond donors (Lipinski definition) is 1. The number of fused-ring (bicyclic) bond motifs is 1. The third-order valence-corrected chi connectivity index (χ3v) is 6.96. The van der Waals surface area contributed by atoms with Crippen LogP contribution in [0.15, 0.2) is 24.3 Å². The molecule has 3 rings (SSSR count). The SMILES string of the molecule is COC(=O)c1ccc(NC(=O)[C@H]2CS[C@@]3(C)CSCC(=O)N23)cc1. The molecule has 1 aromatic rings. The Bertz CT molecular complexity index is 679. The largest absolute Gasteiger partial charge is 0.465 e. The number of amides is 2. The molecule has 0 unspecified atom stereocenters. The van der Waals surface area contributed by atoms with E-state index in [2.05, 4.69) is 10.1 Å². The fraction of sp³-hybridized carbons (Fsp3) is 0.438. The Balaban J connectivity index is 1.71. The molecule has 2 heterocycles. The fourth-order valence-electron chi connectivity index (χ4n) is 2.90. The monoisotopic (exact) mass is 366 g/mol. The highest BCUT2D eigenvalue weighted by molar-refractivity contribution is 8.04. The molecule has 0 radical (unpaired) electrons. The lowest BCUT2D eigenvalue weighted by atomic mass is 10.1. The Morgan fingerprint density at radius 2 is 2.04 bits per heavy atom. The van der Waals surface area contributed by atoms with Crippen molar-refractivity contribution >= 4 is 47.0 Å². The van der Waals surface area contributed by atoms with Gasteiger partial charge in [0, 0.05) is 17.2 Å². The maximum atomic E-state index is 12.6. The summed E-state index contributed by atoms with van der Waals surface area (Å²) in [6.45, 7) is 2.01. The standard InChI is InChI=1S/C16H18N2O4S2/c1-16-9-23-8-13(19)18(16)12(7-24-16)14(20)17-11-5-3-10(4-6-11)15(21)22-2/h3-6,12H,7-9H2,1-2H3,(H,17,20)/t12-,16+/m1/s1. The maximum absolute atomic E-state index is 12.6. The third kappa shape index (κ3) is 3.12. The summed E-state index contributed by atoms with van der Waals surface area (Å²) in [5.74, 6) is 1.24. The lowest BCUT2D eigenvalue weighted by molar-refractivity contribution is -0.138. The molecule has 2 aliphatic rings. The Morgan fingerprint density at radius 3 is 2.71 bits per heavy atom. The highest BCUT2D eigenvalue weighted by atomic mass is 32.2. The van der Waals surface area contributed by atoms with Gasteiger partial charge in [-0.15, -0.1) is 23.5 Å². The molecule has 0 bridgehead atoms. The van der Waals surface area contributed by atoms with E-state index in [9.17, 15) is 14.4 Å². The van der Waals surface area contributed by atoms with E-state index in [1.54, 1.807) is 52.7 Å². The number of benzene rings is 1. The van der Waals surface area contributed by atoms with Gasteiger partial charge in [0.2, 0.25) is 11.8 Å². The topological polar surface area (TPSA) is 75.7 Å². The molecule has 128 valence electrons. The summed E-state index contributed by atoms with van der Waals surface area (Å²) in [5.41, 5.74) is 1.01. The first-order valence-corrected chi connectivity index (χ1v) is 9.62. The van der Waals surface area contributed by atoms with Crippen LogP contribution in [-0.4, -0.2) is 58.0 Å². The molecule has 0 spiro atoms. The fourth-order valence-corrected chi connectivity index (χ4v) is 5.61. The zero-order valence-corrected chi connectivity index (χ0v) is 15.0. The molecule has 2 fully saturated rings. The minimum Gasteiger partial charge on any atom is -0.465 e. The van der Waals surface area contributed by atoms with E-state index in [0.717, 1.165) is 5.75 Å². The van der Waals surface area contributed by atoms with Gasteiger partial charge < -0.3 is 15.0 Å². The third-order valence-electron chi connectivity index (χ3n) is 4.11. The molecule has 6 nitrogen and oxygen atoms in total. The van der Waals surface area contributed by atoms with Gasteiger partial charge in [-0.2, -0.15) is 0 Å². The van der Waals surface area contributed by atoms with Crippen molar-refractivity contribution in [1.29, 1.82) is 0 Å². The first kappa shape index (κ1) is 17.2.